The number of carbonyl (C=O) groups excluding carboxylic acids is 1. The van der Waals surface area contributed by atoms with Crippen LogP contribution in [0.2, 0.25) is 0 Å². The lowest BCUT2D eigenvalue weighted by atomic mass is 10.2. The predicted octanol–water partition coefficient (Wildman–Crippen LogP) is 0.869. The third-order valence-electron chi connectivity index (χ3n) is 2.70. The Balaban J connectivity index is 2.07. The molecule has 1 aromatic carbocycles. The minimum atomic E-state index is -0.506. The molecule has 1 amide bonds. The molecule has 2 aromatic rings. The van der Waals surface area contributed by atoms with Gasteiger partial charge in [0, 0.05) is 6.42 Å². The molecule has 0 unspecified atom stereocenters. The number of anilines is 1. The summed E-state index contributed by atoms with van der Waals surface area (Å²) in [4.78, 5) is 11.7. The molecule has 0 aliphatic rings. The van der Waals surface area contributed by atoms with Gasteiger partial charge in [0.1, 0.15) is 12.1 Å². The lowest BCUT2D eigenvalue weighted by Crippen LogP contribution is -2.13. The van der Waals surface area contributed by atoms with Crippen molar-refractivity contribution in [2.45, 2.75) is 19.3 Å². The fourth-order valence-corrected chi connectivity index (χ4v) is 1.67. The number of nitrogens with zero attached hydrogens (tertiary/aromatic N) is 4. The molecule has 8 heteroatoms. The molecule has 0 aliphatic heterocycles. The molecule has 3 N–H and O–H groups in total. The Kier molecular flexibility index (Phi) is 4.72. The summed E-state index contributed by atoms with van der Waals surface area (Å²) in [6, 6.07) is 4.26. The van der Waals surface area contributed by atoms with Crippen LogP contribution in [0.1, 0.15) is 19.3 Å². The Hall–Kier alpha value is -2.35. The van der Waals surface area contributed by atoms with E-state index in [9.17, 15) is 9.18 Å². The van der Waals surface area contributed by atoms with Crippen molar-refractivity contribution in [1.82, 2.24) is 20.2 Å². The van der Waals surface area contributed by atoms with E-state index in [1.165, 1.54) is 29.2 Å². The van der Waals surface area contributed by atoms with Crippen molar-refractivity contribution in [2.24, 2.45) is 5.73 Å². The molecule has 0 bridgehead atoms. The van der Waals surface area contributed by atoms with E-state index in [-0.39, 0.29) is 11.6 Å². The van der Waals surface area contributed by atoms with Crippen LogP contribution in [-0.4, -0.2) is 32.7 Å². The Labute approximate surface area is 115 Å². The van der Waals surface area contributed by atoms with E-state index in [4.69, 9.17) is 5.73 Å². The quantitative estimate of drug-likeness (QED) is 0.764. The van der Waals surface area contributed by atoms with Crippen molar-refractivity contribution >= 4 is 11.6 Å². The first-order valence-corrected chi connectivity index (χ1v) is 6.23. The second-order valence-corrected chi connectivity index (χ2v) is 4.21. The molecular formula is C12H15FN6O. The molecule has 0 radical (unpaired) electrons. The third-order valence-corrected chi connectivity index (χ3v) is 2.70. The standard InChI is InChI=1S/C12H15FN6O/c13-10-5-4-9(19-8-15-17-18-19)7-11(10)16-12(20)3-1-2-6-14/h4-5,7-8H,1-3,6,14H2,(H,16,20). The van der Waals surface area contributed by atoms with Gasteiger partial charge in [-0.15, -0.1) is 5.10 Å². The summed E-state index contributed by atoms with van der Waals surface area (Å²) in [6.07, 6.45) is 3.14. The molecule has 0 fully saturated rings. The van der Waals surface area contributed by atoms with Crippen LogP contribution in [0.5, 0.6) is 0 Å². The SMILES string of the molecule is NCCCCC(=O)Nc1cc(-n2cnnn2)ccc1F. The Bertz CT molecular complexity index is 571. The van der Waals surface area contributed by atoms with E-state index in [1.54, 1.807) is 0 Å². The number of hydrogen-bond donors (Lipinski definition) is 2. The predicted molar refractivity (Wildman–Crippen MR) is 70.6 cm³/mol. The number of carbonyl (C=O) groups is 1. The number of halogens is 1. The average Bonchev–Trinajstić information content (AvgIpc) is 2.95. The molecule has 1 heterocycles. The zero-order valence-electron chi connectivity index (χ0n) is 10.8. The van der Waals surface area contributed by atoms with Gasteiger partial charge in [-0.25, -0.2) is 9.07 Å². The lowest BCUT2D eigenvalue weighted by molar-refractivity contribution is -0.116. The highest BCUT2D eigenvalue weighted by Gasteiger charge is 2.09. The molecule has 0 spiro atoms. The fourth-order valence-electron chi connectivity index (χ4n) is 1.67. The normalized spacial score (nSPS) is 10.5. The summed E-state index contributed by atoms with van der Waals surface area (Å²) in [6.45, 7) is 0.538. The molecule has 0 saturated carbocycles. The number of rotatable bonds is 6. The van der Waals surface area contributed by atoms with E-state index in [2.05, 4.69) is 20.8 Å². The van der Waals surface area contributed by atoms with Crippen LogP contribution in [0.3, 0.4) is 0 Å². The zero-order chi connectivity index (χ0) is 14.4. The van der Waals surface area contributed by atoms with Crippen molar-refractivity contribution in [3.63, 3.8) is 0 Å². The van der Waals surface area contributed by atoms with Gasteiger partial charge in [0.05, 0.1) is 11.4 Å². The van der Waals surface area contributed by atoms with Crippen molar-refractivity contribution in [3.05, 3.63) is 30.3 Å². The number of aromatic nitrogens is 4. The topological polar surface area (TPSA) is 98.7 Å². The zero-order valence-corrected chi connectivity index (χ0v) is 10.8. The maximum atomic E-state index is 13.7. The van der Waals surface area contributed by atoms with Gasteiger partial charge in [0.2, 0.25) is 5.91 Å². The summed E-state index contributed by atoms with van der Waals surface area (Å²) in [7, 11) is 0. The van der Waals surface area contributed by atoms with Crippen molar-refractivity contribution in [1.29, 1.82) is 0 Å². The molecule has 0 saturated heterocycles. The molecule has 0 aliphatic carbocycles. The number of nitrogens with two attached hydrogens (primary N) is 1. The second-order valence-electron chi connectivity index (χ2n) is 4.21. The van der Waals surface area contributed by atoms with E-state index in [1.807, 2.05) is 0 Å². The van der Waals surface area contributed by atoms with Gasteiger partial charge < -0.3 is 11.1 Å². The van der Waals surface area contributed by atoms with Crippen molar-refractivity contribution < 1.29 is 9.18 Å². The largest absolute Gasteiger partial charge is 0.330 e. The number of hydrogen-bond acceptors (Lipinski definition) is 5. The number of nitrogens with one attached hydrogen (secondary N) is 1. The summed E-state index contributed by atoms with van der Waals surface area (Å²) in [5.41, 5.74) is 6.02. The smallest absolute Gasteiger partial charge is 0.224 e. The molecule has 1 aromatic heterocycles. The van der Waals surface area contributed by atoms with Gasteiger partial charge in [-0.2, -0.15) is 0 Å². The Morgan fingerprint density at radius 2 is 2.25 bits per heavy atom. The number of unbranched alkanes of at least 4 members (excludes halogenated alkanes) is 1. The van der Waals surface area contributed by atoms with Gasteiger partial charge >= 0.3 is 0 Å². The van der Waals surface area contributed by atoms with Crippen LogP contribution in [0, 0.1) is 5.82 Å². The third kappa shape index (κ3) is 3.58. The molecular weight excluding hydrogens is 263 g/mol. The Morgan fingerprint density at radius 3 is 2.95 bits per heavy atom. The van der Waals surface area contributed by atoms with Gasteiger partial charge in [-0.3, -0.25) is 4.79 Å². The summed E-state index contributed by atoms with van der Waals surface area (Å²) in [5, 5.41) is 13.2. The van der Waals surface area contributed by atoms with E-state index in [0.717, 1.165) is 6.42 Å². The molecule has 0 atom stereocenters. The number of benzene rings is 1. The van der Waals surface area contributed by atoms with Crippen LogP contribution in [0.25, 0.3) is 5.69 Å². The lowest BCUT2D eigenvalue weighted by Gasteiger charge is -2.08. The van der Waals surface area contributed by atoms with Crippen LogP contribution < -0.4 is 11.1 Å². The molecule has 2 rings (SSSR count). The number of tetrazole rings is 1. The second kappa shape index (κ2) is 6.71. The maximum absolute atomic E-state index is 13.7. The first-order chi connectivity index (χ1) is 9.70. The van der Waals surface area contributed by atoms with Gasteiger partial charge in [0.25, 0.3) is 0 Å². The highest BCUT2D eigenvalue weighted by molar-refractivity contribution is 5.91. The van der Waals surface area contributed by atoms with Crippen LogP contribution >= 0.6 is 0 Å². The van der Waals surface area contributed by atoms with Crippen LogP contribution in [-0.2, 0) is 4.79 Å². The van der Waals surface area contributed by atoms with E-state index < -0.39 is 5.82 Å². The maximum Gasteiger partial charge on any atom is 0.224 e. The van der Waals surface area contributed by atoms with Crippen LogP contribution in [0.15, 0.2) is 24.5 Å². The van der Waals surface area contributed by atoms with Gasteiger partial charge in [-0.1, -0.05) is 0 Å². The minimum absolute atomic E-state index is 0.107. The van der Waals surface area contributed by atoms with Crippen LogP contribution in [0.4, 0.5) is 10.1 Å². The Morgan fingerprint density at radius 1 is 1.40 bits per heavy atom. The molecule has 20 heavy (non-hydrogen) atoms. The molecule has 7 nitrogen and oxygen atoms in total. The summed E-state index contributed by atoms with van der Waals surface area (Å²) >= 11 is 0. The summed E-state index contributed by atoms with van der Waals surface area (Å²) in [5.74, 6) is -0.750. The molecule has 106 valence electrons. The first-order valence-electron chi connectivity index (χ1n) is 6.23. The van der Waals surface area contributed by atoms with Gasteiger partial charge in [-0.05, 0) is 48.0 Å². The summed E-state index contributed by atoms with van der Waals surface area (Å²) < 4.78 is 15.0. The monoisotopic (exact) mass is 278 g/mol. The highest BCUT2D eigenvalue weighted by Crippen LogP contribution is 2.18. The fraction of sp³-hybridized carbons (Fsp3) is 0.333. The average molecular weight is 278 g/mol. The van der Waals surface area contributed by atoms with Gasteiger partial charge in [0.15, 0.2) is 0 Å². The first kappa shape index (κ1) is 14.1. The van der Waals surface area contributed by atoms with E-state index in [0.29, 0.717) is 25.1 Å². The minimum Gasteiger partial charge on any atom is -0.330 e. The highest BCUT2D eigenvalue weighted by atomic mass is 19.1. The van der Waals surface area contributed by atoms with E-state index >= 15 is 0 Å². The van der Waals surface area contributed by atoms with Crippen molar-refractivity contribution in [2.75, 3.05) is 11.9 Å². The number of amides is 1. The van der Waals surface area contributed by atoms with Crippen molar-refractivity contribution in [3.8, 4) is 5.69 Å².